The molecule has 0 N–H and O–H groups in total. The van der Waals surface area contributed by atoms with E-state index < -0.39 is 0 Å². The Kier molecular flexibility index (Phi) is 4.60. The van der Waals surface area contributed by atoms with Crippen molar-refractivity contribution in [1.82, 2.24) is 14.8 Å². The van der Waals surface area contributed by atoms with E-state index in [1.807, 2.05) is 59.0 Å². The number of nitrogens with zero attached hydrogens (tertiary/aromatic N) is 4. The highest BCUT2D eigenvalue weighted by Gasteiger charge is 2.26. The van der Waals surface area contributed by atoms with Gasteiger partial charge in [-0.15, -0.1) is 11.3 Å². The summed E-state index contributed by atoms with van der Waals surface area (Å²) in [6.45, 7) is 3.36. The smallest absolute Gasteiger partial charge is 0.268 e. The lowest BCUT2D eigenvalue weighted by molar-refractivity contribution is 0.0989. The number of pyridine rings is 1. The Hall–Kier alpha value is -2.70. The second kappa shape index (κ2) is 7.28. The summed E-state index contributed by atoms with van der Waals surface area (Å²) in [5.74, 6) is 0.0394. The number of amides is 1. The van der Waals surface area contributed by atoms with Crippen LogP contribution in [0.15, 0.2) is 48.7 Å². The highest BCUT2D eigenvalue weighted by atomic mass is 35.5. The lowest BCUT2D eigenvalue weighted by atomic mass is 10.1. The Balaban J connectivity index is 1.49. The normalized spacial score (nSPS) is 13.7. The van der Waals surface area contributed by atoms with Crippen LogP contribution in [0.5, 0.6) is 0 Å². The molecule has 1 aromatic carbocycles. The van der Waals surface area contributed by atoms with Crippen molar-refractivity contribution >= 4 is 44.7 Å². The first-order chi connectivity index (χ1) is 14.1. The van der Waals surface area contributed by atoms with E-state index in [2.05, 4.69) is 10.1 Å². The van der Waals surface area contributed by atoms with Gasteiger partial charge in [-0.2, -0.15) is 5.10 Å². The van der Waals surface area contributed by atoms with Gasteiger partial charge in [0.1, 0.15) is 4.83 Å². The van der Waals surface area contributed by atoms with Gasteiger partial charge in [0, 0.05) is 23.2 Å². The molecular formula is C22H19ClN4OS. The predicted octanol–water partition coefficient (Wildman–Crippen LogP) is 5.10. The maximum Gasteiger partial charge on any atom is 0.268 e. The van der Waals surface area contributed by atoms with E-state index in [0.29, 0.717) is 6.54 Å². The fraction of sp³-hybridized carbons (Fsp3) is 0.227. The first-order valence-electron chi connectivity index (χ1n) is 9.57. The van der Waals surface area contributed by atoms with Crippen LogP contribution < -0.4 is 4.90 Å². The summed E-state index contributed by atoms with van der Waals surface area (Å²) in [4.78, 5) is 21.4. The molecule has 4 heterocycles. The zero-order valence-corrected chi connectivity index (χ0v) is 17.5. The number of aryl methyl sites for hydroxylation is 2. The molecule has 1 amide bonds. The summed E-state index contributed by atoms with van der Waals surface area (Å²) in [7, 11) is 0. The number of rotatable bonds is 3. The monoisotopic (exact) mass is 422 g/mol. The van der Waals surface area contributed by atoms with E-state index in [0.717, 1.165) is 62.1 Å². The summed E-state index contributed by atoms with van der Waals surface area (Å²) in [5.41, 5.74) is 3.99. The van der Waals surface area contributed by atoms with Crippen LogP contribution in [0.25, 0.3) is 10.2 Å². The number of thiophene rings is 1. The molecule has 1 aliphatic rings. The van der Waals surface area contributed by atoms with Gasteiger partial charge in [0.2, 0.25) is 0 Å². The van der Waals surface area contributed by atoms with Crippen LogP contribution in [-0.2, 0) is 13.0 Å². The third kappa shape index (κ3) is 3.32. The highest BCUT2D eigenvalue weighted by Crippen LogP contribution is 2.32. The van der Waals surface area contributed by atoms with E-state index in [1.54, 1.807) is 6.20 Å². The van der Waals surface area contributed by atoms with Crippen molar-refractivity contribution in [2.24, 2.45) is 0 Å². The molecular weight excluding hydrogens is 404 g/mol. The van der Waals surface area contributed by atoms with Crippen LogP contribution in [0.4, 0.5) is 5.69 Å². The predicted molar refractivity (Wildman–Crippen MR) is 117 cm³/mol. The number of hydrogen-bond donors (Lipinski definition) is 0. The molecule has 146 valence electrons. The number of hydrogen-bond acceptors (Lipinski definition) is 4. The number of benzene rings is 1. The minimum atomic E-state index is 0.0394. The van der Waals surface area contributed by atoms with Crippen molar-refractivity contribution in [2.45, 2.75) is 26.3 Å². The molecule has 5 nitrogen and oxygen atoms in total. The molecule has 0 fully saturated rings. The molecule has 4 aromatic rings. The molecule has 0 bridgehead atoms. The molecule has 0 spiro atoms. The summed E-state index contributed by atoms with van der Waals surface area (Å²) in [6.07, 6.45) is 3.65. The second-order valence-corrected chi connectivity index (χ2v) is 8.70. The Bertz CT molecular complexity index is 1210. The molecule has 7 heteroatoms. The molecule has 0 radical (unpaired) electrons. The van der Waals surface area contributed by atoms with E-state index in [9.17, 15) is 4.79 Å². The minimum Gasteiger partial charge on any atom is -0.306 e. The Morgan fingerprint density at radius 2 is 2.07 bits per heavy atom. The van der Waals surface area contributed by atoms with Gasteiger partial charge in [-0.1, -0.05) is 23.7 Å². The molecule has 1 aliphatic heterocycles. The van der Waals surface area contributed by atoms with Crippen LogP contribution in [0, 0.1) is 6.92 Å². The van der Waals surface area contributed by atoms with Crippen LogP contribution in [-0.4, -0.2) is 27.2 Å². The van der Waals surface area contributed by atoms with Crippen molar-refractivity contribution in [1.29, 1.82) is 0 Å². The number of carbonyl (C=O) groups is 1. The quantitative estimate of drug-likeness (QED) is 0.461. The topological polar surface area (TPSA) is 51.0 Å². The number of carbonyl (C=O) groups excluding carboxylic acids is 1. The maximum atomic E-state index is 13.3. The lowest BCUT2D eigenvalue weighted by Gasteiger charge is -2.28. The van der Waals surface area contributed by atoms with Gasteiger partial charge in [0.25, 0.3) is 5.91 Å². The van der Waals surface area contributed by atoms with Gasteiger partial charge in [-0.05, 0) is 55.7 Å². The summed E-state index contributed by atoms with van der Waals surface area (Å²) >= 11 is 7.50. The third-order valence-electron chi connectivity index (χ3n) is 5.26. The van der Waals surface area contributed by atoms with Crippen LogP contribution >= 0.6 is 22.9 Å². The Labute approximate surface area is 177 Å². The third-order valence-corrected chi connectivity index (χ3v) is 6.65. The molecule has 0 saturated carbocycles. The molecule has 0 aliphatic carbocycles. The van der Waals surface area contributed by atoms with Gasteiger partial charge in [0.05, 0.1) is 28.5 Å². The first kappa shape index (κ1) is 18.3. The van der Waals surface area contributed by atoms with Crippen molar-refractivity contribution < 1.29 is 4.79 Å². The highest BCUT2D eigenvalue weighted by molar-refractivity contribution is 7.20. The van der Waals surface area contributed by atoms with E-state index in [-0.39, 0.29) is 5.91 Å². The zero-order chi connectivity index (χ0) is 20.0. The summed E-state index contributed by atoms with van der Waals surface area (Å²) < 4.78 is 1.97. The summed E-state index contributed by atoms with van der Waals surface area (Å²) in [5, 5.41) is 6.43. The van der Waals surface area contributed by atoms with Gasteiger partial charge in [-0.25, -0.2) is 0 Å². The van der Waals surface area contributed by atoms with Gasteiger partial charge < -0.3 is 4.90 Å². The van der Waals surface area contributed by atoms with E-state index in [1.165, 1.54) is 11.3 Å². The second-order valence-electron chi connectivity index (χ2n) is 7.23. The van der Waals surface area contributed by atoms with Crippen LogP contribution in [0.1, 0.15) is 33.0 Å². The molecule has 3 aromatic heterocycles. The van der Waals surface area contributed by atoms with Crippen molar-refractivity contribution in [2.75, 3.05) is 11.4 Å². The average molecular weight is 423 g/mol. The number of anilines is 1. The van der Waals surface area contributed by atoms with Crippen LogP contribution in [0.3, 0.4) is 0 Å². The van der Waals surface area contributed by atoms with Crippen LogP contribution in [0.2, 0.25) is 5.02 Å². The number of halogens is 1. The fourth-order valence-corrected chi connectivity index (χ4v) is 5.06. The largest absolute Gasteiger partial charge is 0.306 e. The standard InChI is InChI=1S/C22H19ClN4OS/c1-14-17-12-20(21(28)26-11-3-4-18-19(26)5-2-10-24-18)29-22(17)27(25-14)13-15-6-8-16(23)9-7-15/h2,5-10,12H,3-4,11,13H2,1H3. The first-order valence-corrected chi connectivity index (χ1v) is 10.8. The number of fused-ring (bicyclic) bond motifs is 2. The minimum absolute atomic E-state index is 0.0394. The van der Waals surface area contributed by atoms with Gasteiger partial charge in [-0.3, -0.25) is 14.5 Å². The molecule has 0 atom stereocenters. The van der Waals surface area contributed by atoms with Crippen molar-refractivity contribution in [3.63, 3.8) is 0 Å². The Morgan fingerprint density at radius 3 is 2.90 bits per heavy atom. The van der Waals surface area contributed by atoms with E-state index in [4.69, 9.17) is 11.6 Å². The van der Waals surface area contributed by atoms with Gasteiger partial charge in [0.15, 0.2) is 0 Å². The summed E-state index contributed by atoms with van der Waals surface area (Å²) in [6, 6.07) is 13.6. The fourth-order valence-electron chi connectivity index (χ4n) is 3.82. The van der Waals surface area contributed by atoms with E-state index >= 15 is 0 Å². The molecule has 5 rings (SSSR count). The molecule has 0 saturated heterocycles. The molecule has 29 heavy (non-hydrogen) atoms. The average Bonchev–Trinajstić information content (AvgIpc) is 3.30. The van der Waals surface area contributed by atoms with Gasteiger partial charge >= 0.3 is 0 Å². The number of aromatic nitrogens is 3. The maximum absolute atomic E-state index is 13.3. The molecule has 0 unspecified atom stereocenters. The SMILES string of the molecule is Cc1nn(Cc2ccc(Cl)cc2)c2sc(C(=O)N3CCCc4ncccc43)cc12. The zero-order valence-electron chi connectivity index (χ0n) is 15.9. The van der Waals surface area contributed by atoms with Crippen molar-refractivity contribution in [3.05, 3.63) is 75.5 Å². The Morgan fingerprint density at radius 1 is 1.24 bits per heavy atom. The lowest BCUT2D eigenvalue weighted by Crippen LogP contribution is -2.35. The van der Waals surface area contributed by atoms with Crippen molar-refractivity contribution in [3.8, 4) is 0 Å².